The molecule has 3 fully saturated rings. The Bertz CT molecular complexity index is 1080. The third-order valence-electron chi connectivity index (χ3n) is 6.46. The van der Waals surface area contributed by atoms with Crippen LogP contribution in [0.1, 0.15) is 40.9 Å². The van der Waals surface area contributed by atoms with E-state index in [2.05, 4.69) is 31.2 Å². The Morgan fingerprint density at radius 3 is 2.71 bits per heavy atom. The Balaban J connectivity index is 1.44. The van der Waals surface area contributed by atoms with Gasteiger partial charge in [-0.25, -0.2) is 4.98 Å². The van der Waals surface area contributed by atoms with Crippen LogP contribution in [0.3, 0.4) is 0 Å². The van der Waals surface area contributed by atoms with E-state index < -0.39 is 0 Å². The van der Waals surface area contributed by atoms with E-state index in [1.165, 1.54) is 6.42 Å². The number of anilines is 1. The topological polar surface area (TPSA) is 71.0 Å². The standard InChI is InChI=1S/C25H27N5O/c1-16-6-11-23(27-14-16)29-21-13-18-8-10-22(21)30(15-18)25(31)19-9-7-17(2)28-24(19)20-5-3-4-12-26-20/h3-7,9,11-12,14,18,21-22H,8,10,13,15H2,1-2H3,(H,27,29). The van der Waals surface area contributed by atoms with Gasteiger partial charge >= 0.3 is 0 Å². The van der Waals surface area contributed by atoms with Crippen molar-refractivity contribution < 1.29 is 4.79 Å². The lowest BCUT2D eigenvalue weighted by molar-refractivity contribution is 0.0282. The van der Waals surface area contributed by atoms with E-state index >= 15 is 0 Å². The molecule has 3 atom stereocenters. The van der Waals surface area contributed by atoms with Gasteiger partial charge in [-0.1, -0.05) is 12.1 Å². The Morgan fingerprint density at radius 2 is 1.97 bits per heavy atom. The summed E-state index contributed by atoms with van der Waals surface area (Å²) < 4.78 is 0. The normalized spacial score (nSPS) is 22.4. The number of aryl methyl sites for hydroxylation is 2. The summed E-state index contributed by atoms with van der Waals surface area (Å²) in [6.07, 6.45) is 6.88. The molecule has 3 unspecified atom stereocenters. The molecular weight excluding hydrogens is 386 g/mol. The van der Waals surface area contributed by atoms with Crippen molar-refractivity contribution in [1.82, 2.24) is 19.9 Å². The lowest BCUT2D eigenvalue weighted by Crippen LogP contribution is -2.59. The number of rotatable bonds is 4. The highest BCUT2D eigenvalue weighted by Crippen LogP contribution is 2.38. The highest BCUT2D eigenvalue weighted by molar-refractivity contribution is 6.00. The molecule has 2 saturated heterocycles. The van der Waals surface area contributed by atoms with Crippen molar-refractivity contribution in [1.29, 1.82) is 0 Å². The number of pyridine rings is 3. The molecule has 1 N–H and O–H groups in total. The van der Waals surface area contributed by atoms with Crippen molar-refractivity contribution in [2.75, 3.05) is 11.9 Å². The largest absolute Gasteiger partial charge is 0.365 e. The minimum absolute atomic E-state index is 0.0474. The van der Waals surface area contributed by atoms with Crippen molar-refractivity contribution in [3.8, 4) is 11.4 Å². The molecule has 0 spiro atoms. The maximum atomic E-state index is 13.8. The van der Waals surface area contributed by atoms with E-state index in [0.29, 0.717) is 17.2 Å². The third-order valence-corrected chi connectivity index (χ3v) is 6.46. The Morgan fingerprint density at radius 1 is 1.06 bits per heavy atom. The molecule has 2 bridgehead atoms. The molecule has 3 aromatic rings. The Hall–Kier alpha value is -3.28. The maximum Gasteiger partial charge on any atom is 0.256 e. The summed E-state index contributed by atoms with van der Waals surface area (Å²) in [6.45, 7) is 4.78. The highest BCUT2D eigenvalue weighted by atomic mass is 16.2. The van der Waals surface area contributed by atoms with E-state index in [1.54, 1.807) is 6.20 Å². The number of carbonyl (C=O) groups is 1. The van der Waals surface area contributed by atoms with Crippen LogP contribution in [-0.4, -0.2) is 44.4 Å². The second-order valence-electron chi connectivity index (χ2n) is 8.74. The van der Waals surface area contributed by atoms with Gasteiger partial charge in [-0.3, -0.25) is 14.8 Å². The zero-order valence-corrected chi connectivity index (χ0v) is 18.0. The van der Waals surface area contributed by atoms with Crippen LogP contribution in [0.4, 0.5) is 5.82 Å². The zero-order chi connectivity index (χ0) is 21.4. The van der Waals surface area contributed by atoms with Crippen molar-refractivity contribution in [2.24, 2.45) is 5.92 Å². The molecule has 5 heterocycles. The first-order chi connectivity index (χ1) is 15.1. The average Bonchev–Trinajstić information content (AvgIpc) is 2.81. The third kappa shape index (κ3) is 3.90. The van der Waals surface area contributed by atoms with Gasteiger partial charge < -0.3 is 10.2 Å². The van der Waals surface area contributed by atoms with E-state index in [-0.39, 0.29) is 18.0 Å². The smallest absolute Gasteiger partial charge is 0.256 e. The van der Waals surface area contributed by atoms with Crippen LogP contribution in [0.25, 0.3) is 11.4 Å². The van der Waals surface area contributed by atoms with E-state index in [0.717, 1.165) is 42.2 Å². The van der Waals surface area contributed by atoms with Crippen LogP contribution < -0.4 is 5.32 Å². The number of hydrogen-bond donors (Lipinski definition) is 1. The number of nitrogens with zero attached hydrogens (tertiary/aromatic N) is 4. The summed E-state index contributed by atoms with van der Waals surface area (Å²) in [5.41, 5.74) is 4.04. The highest BCUT2D eigenvalue weighted by Gasteiger charge is 2.43. The summed E-state index contributed by atoms with van der Waals surface area (Å²) in [5.74, 6) is 1.43. The molecule has 6 heteroatoms. The van der Waals surface area contributed by atoms with Gasteiger partial charge in [0.05, 0.1) is 17.3 Å². The molecule has 158 valence electrons. The average molecular weight is 414 g/mol. The summed E-state index contributed by atoms with van der Waals surface area (Å²) in [7, 11) is 0. The van der Waals surface area contributed by atoms with Crippen LogP contribution in [0.15, 0.2) is 54.9 Å². The number of nitrogens with one attached hydrogen (secondary N) is 1. The van der Waals surface area contributed by atoms with Gasteiger partial charge in [-0.15, -0.1) is 0 Å². The molecule has 3 aliphatic rings. The molecule has 1 amide bonds. The van der Waals surface area contributed by atoms with Crippen molar-refractivity contribution in [2.45, 2.75) is 45.2 Å². The molecule has 0 radical (unpaired) electrons. The molecule has 6 nitrogen and oxygen atoms in total. The summed E-state index contributed by atoms with van der Waals surface area (Å²) in [6, 6.07) is 14.0. The predicted octanol–water partition coefficient (Wildman–Crippen LogP) is 4.26. The maximum absolute atomic E-state index is 13.8. The Labute approximate surface area is 182 Å². The van der Waals surface area contributed by atoms with Gasteiger partial charge in [-0.2, -0.15) is 0 Å². The minimum Gasteiger partial charge on any atom is -0.365 e. The van der Waals surface area contributed by atoms with Gasteiger partial charge in [0.25, 0.3) is 5.91 Å². The summed E-state index contributed by atoms with van der Waals surface area (Å²) >= 11 is 0. The number of hydrogen-bond acceptors (Lipinski definition) is 5. The second-order valence-corrected chi connectivity index (χ2v) is 8.74. The first-order valence-electron chi connectivity index (χ1n) is 11.0. The molecular formula is C25H27N5O. The van der Waals surface area contributed by atoms with Crippen molar-refractivity contribution in [3.05, 3.63) is 71.7 Å². The van der Waals surface area contributed by atoms with Crippen molar-refractivity contribution >= 4 is 11.7 Å². The van der Waals surface area contributed by atoms with Crippen LogP contribution >= 0.6 is 0 Å². The van der Waals surface area contributed by atoms with Crippen LogP contribution in [0.2, 0.25) is 0 Å². The Kier molecular flexibility index (Phi) is 5.14. The van der Waals surface area contributed by atoms with Gasteiger partial charge in [0.1, 0.15) is 11.5 Å². The number of carbonyl (C=O) groups excluding carboxylic acids is 1. The monoisotopic (exact) mass is 413 g/mol. The van der Waals surface area contributed by atoms with E-state index in [1.807, 2.05) is 56.4 Å². The van der Waals surface area contributed by atoms with Crippen LogP contribution in [0.5, 0.6) is 0 Å². The molecule has 1 saturated carbocycles. The number of aromatic nitrogens is 3. The molecule has 0 aromatic carbocycles. The van der Waals surface area contributed by atoms with Gasteiger partial charge in [-0.05, 0) is 74.9 Å². The fraction of sp³-hybridized carbons (Fsp3) is 0.360. The van der Waals surface area contributed by atoms with Gasteiger partial charge in [0, 0.05) is 30.7 Å². The van der Waals surface area contributed by atoms with Gasteiger partial charge in [0.2, 0.25) is 0 Å². The van der Waals surface area contributed by atoms with Gasteiger partial charge in [0.15, 0.2) is 0 Å². The van der Waals surface area contributed by atoms with E-state index in [4.69, 9.17) is 0 Å². The fourth-order valence-electron chi connectivity index (χ4n) is 4.91. The van der Waals surface area contributed by atoms with E-state index in [9.17, 15) is 4.79 Å². The molecule has 2 aliphatic heterocycles. The first kappa shape index (κ1) is 19.7. The van der Waals surface area contributed by atoms with Crippen LogP contribution in [-0.2, 0) is 0 Å². The molecule has 31 heavy (non-hydrogen) atoms. The minimum atomic E-state index is 0.0474. The SMILES string of the molecule is Cc1ccc(NC2CC3CCC2N(C(=O)c2ccc(C)nc2-c2ccccn2)C3)nc1. The number of fused-ring (bicyclic) bond motifs is 3. The number of amides is 1. The zero-order valence-electron chi connectivity index (χ0n) is 18.0. The molecule has 3 aromatic heterocycles. The fourth-order valence-corrected chi connectivity index (χ4v) is 4.91. The van der Waals surface area contributed by atoms with Crippen molar-refractivity contribution in [3.63, 3.8) is 0 Å². The second kappa shape index (κ2) is 8.10. The first-order valence-corrected chi connectivity index (χ1v) is 11.0. The number of piperidine rings is 2. The predicted molar refractivity (Wildman–Crippen MR) is 121 cm³/mol. The molecule has 6 rings (SSSR count). The lowest BCUT2D eigenvalue weighted by atomic mass is 9.76. The lowest BCUT2D eigenvalue weighted by Gasteiger charge is -2.50. The summed E-state index contributed by atoms with van der Waals surface area (Å²) in [5, 5.41) is 3.60. The quantitative estimate of drug-likeness (QED) is 0.692. The summed E-state index contributed by atoms with van der Waals surface area (Å²) in [4.78, 5) is 29.5. The molecule has 1 aliphatic carbocycles. The van der Waals surface area contributed by atoms with Crippen LogP contribution in [0, 0.1) is 19.8 Å².